The van der Waals surface area contributed by atoms with Crippen molar-refractivity contribution in [1.82, 2.24) is 5.32 Å². The highest BCUT2D eigenvalue weighted by molar-refractivity contribution is 5.42. The number of halogens is 1. The van der Waals surface area contributed by atoms with Gasteiger partial charge >= 0.3 is 0 Å². The fraction of sp³-hybridized carbons (Fsp3) is 0.333. The average molecular weight is 198 g/mol. The molecule has 1 aromatic rings. The van der Waals surface area contributed by atoms with Crippen LogP contribution in [0.1, 0.15) is 18.5 Å². The molecule has 1 atom stereocenters. The number of nitrogens with one attached hydrogen (secondary N) is 1. The molecule has 0 unspecified atom stereocenters. The first kappa shape index (κ1) is 10.6. The Bertz CT molecular complexity index is 355. The molecule has 4 nitrogen and oxygen atoms in total. The van der Waals surface area contributed by atoms with E-state index in [1.165, 1.54) is 12.1 Å². The molecule has 0 aliphatic heterocycles. The van der Waals surface area contributed by atoms with Crippen molar-refractivity contribution in [2.45, 2.75) is 13.0 Å². The van der Waals surface area contributed by atoms with Crippen LogP contribution in [0, 0.1) is 15.9 Å². The number of nitro benzene ring substituents is 1. The lowest BCUT2D eigenvalue weighted by Gasteiger charge is -2.10. The average Bonchev–Trinajstić information content (AvgIpc) is 2.16. The van der Waals surface area contributed by atoms with E-state index in [0.29, 0.717) is 5.56 Å². The van der Waals surface area contributed by atoms with Gasteiger partial charge in [-0.15, -0.1) is 0 Å². The highest BCUT2D eigenvalue weighted by Crippen LogP contribution is 2.25. The first-order chi connectivity index (χ1) is 6.56. The summed E-state index contributed by atoms with van der Waals surface area (Å²) in [5.74, 6) is -0.465. The van der Waals surface area contributed by atoms with Gasteiger partial charge in [-0.25, -0.2) is 4.39 Å². The summed E-state index contributed by atoms with van der Waals surface area (Å²) in [6, 6.07) is 3.20. The van der Waals surface area contributed by atoms with Gasteiger partial charge in [0, 0.05) is 17.7 Å². The van der Waals surface area contributed by atoms with Gasteiger partial charge < -0.3 is 5.32 Å². The third kappa shape index (κ3) is 2.05. The van der Waals surface area contributed by atoms with Crippen molar-refractivity contribution in [3.8, 4) is 0 Å². The molecule has 0 amide bonds. The van der Waals surface area contributed by atoms with Gasteiger partial charge in [0.05, 0.1) is 4.92 Å². The van der Waals surface area contributed by atoms with E-state index < -0.39 is 10.7 Å². The maximum absolute atomic E-state index is 12.9. The zero-order valence-electron chi connectivity index (χ0n) is 7.95. The predicted octanol–water partition coefficient (Wildman–Crippen LogP) is 2.01. The molecule has 14 heavy (non-hydrogen) atoms. The van der Waals surface area contributed by atoms with Gasteiger partial charge in [-0.1, -0.05) is 0 Å². The Morgan fingerprint density at radius 1 is 1.57 bits per heavy atom. The normalized spacial score (nSPS) is 12.5. The lowest BCUT2D eigenvalue weighted by atomic mass is 10.1. The van der Waals surface area contributed by atoms with E-state index in [9.17, 15) is 14.5 Å². The van der Waals surface area contributed by atoms with Crippen LogP contribution < -0.4 is 5.32 Å². The van der Waals surface area contributed by atoms with E-state index >= 15 is 0 Å². The number of hydrogen-bond acceptors (Lipinski definition) is 3. The molecular weight excluding hydrogens is 187 g/mol. The van der Waals surface area contributed by atoms with E-state index in [4.69, 9.17) is 0 Å². The van der Waals surface area contributed by atoms with E-state index in [0.717, 1.165) is 6.07 Å². The van der Waals surface area contributed by atoms with Gasteiger partial charge in [-0.2, -0.15) is 0 Å². The van der Waals surface area contributed by atoms with Crippen LogP contribution >= 0.6 is 0 Å². The smallest absolute Gasteiger partial charge is 0.274 e. The minimum absolute atomic E-state index is 0.0618. The molecule has 0 fully saturated rings. The third-order valence-electron chi connectivity index (χ3n) is 2.09. The molecule has 1 aromatic carbocycles. The lowest BCUT2D eigenvalue weighted by Crippen LogP contribution is -2.14. The molecule has 0 saturated heterocycles. The van der Waals surface area contributed by atoms with Gasteiger partial charge in [-0.3, -0.25) is 10.1 Å². The predicted molar refractivity (Wildman–Crippen MR) is 50.5 cm³/mol. The van der Waals surface area contributed by atoms with Gasteiger partial charge in [-0.05, 0) is 26.1 Å². The second kappa shape index (κ2) is 4.15. The van der Waals surface area contributed by atoms with Crippen molar-refractivity contribution in [2.75, 3.05) is 7.05 Å². The molecule has 0 bridgehead atoms. The molecule has 0 aromatic heterocycles. The molecule has 0 spiro atoms. The minimum atomic E-state index is -0.511. The highest BCUT2D eigenvalue weighted by atomic mass is 19.1. The molecule has 76 valence electrons. The van der Waals surface area contributed by atoms with Gasteiger partial charge in [0.25, 0.3) is 5.69 Å². The summed E-state index contributed by atoms with van der Waals surface area (Å²) in [4.78, 5) is 10.1. The van der Waals surface area contributed by atoms with Crippen molar-refractivity contribution < 1.29 is 9.31 Å². The van der Waals surface area contributed by atoms with Crippen molar-refractivity contribution in [3.05, 3.63) is 39.7 Å². The molecule has 0 heterocycles. The van der Waals surface area contributed by atoms with E-state index in [2.05, 4.69) is 5.32 Å². The standard InChI is InChI=1S/C9H11FN2O2/c1-6(11-2)8-5-7(10)3-4-9(8)12(13)14/h3-6,11H,1-2H3/t6-/m1/s1. The monoisotopic (exact) mass is 198 g/mol. The zero-order valence-corrected chi connectivity index (χ0v) is 7.95. The van der Waals surface area contributed by atoms with Crippen LogP contribution in [0.5, 0.6) is 0 Å². The number of nitro groups is 1. The fourth-order valence-electron chi connectivity index (χ4n) is 1.19. The first-order valence-electron chi connectivity index (χ1n) is 4.17. The third-order valence-corrected chi connectivity index (χ3v) is 2.09. The Kier molecular flexibility index (Phi) is 3.14. The quantitative estimate of drug-likeness (QED) is 0.597. The van der Waals surface area contributed by atoms with Gasteiger partial charge in [0.1, 0.15) is 5.82 Å². The summed E-state index contributed by atoms with van der Waals surface area (Å²) in [6.07, 6.45) is 0. The summed E-state index contributed by atoms with van der Waals surface area (Å²) in [7, 11) is 1.67. The number of nitrogens with zero attached hydrogens (tertiary/aromatic N) is 1. The van der Waals surface area contributed by atoms with Crippen molar-refractivity contribution in [1.29, 1.82) is 0 Å². The van der Waals surface area contributed by atoms with Crippen LogP contribution in [0.25, 0.3) is 0 Å². The number of hydrogen-bond donors (Lipinski definition) is 1. The maximum atomic E-state index is 12.9. The van der Waals surface area contributed by atoms with Crippen LogP contribution in [-0.4, -0.2) is 12.0 Å². The van der Waals surface area contributed by atoms with Crippen LogP contribution in [-0.2, 0) is 0 Å². The molecule has 0 radical (unpaired) electrons. The molecule has 1 rings (SSSR count). The van der Waals surface area contributed by atoms with E-state index in [1.54, 1.807) is 14.0 Å². The fourth-order valence-corrected chi connectivity index (χ4v) is 1.19. The SMILES string of the molecule is CN[C@H](C)c1cc(F)ccc1[N+](=O)[O-]. The van der Waals surface area contributed by atoms with Crippen LogP contribution in [0.4, 0.5) is 10.1 Å². The maximum Gasteiger partial charge on any atom is 0.274 e. The molecule has 5 heteroatoms. The summed E-state index contributed by atoms with van der Waals surface area (Å²) in [5.41, 5.74) is 0.297. The van der Waals surface area contributed by atoms with Crippen molar-refractivity contribution >= 4 is 5.69 Å². The van der Waals surface area contributed by atoms with Crippen molar-refractivity contribution in [2.24, 2.45) is 0 Å². The van der Waals surface area contributed by atoms with Crippen LogP contribution in [0.15, 0.2) is 18.2 Å². The largest absolute Gasteiger partial charge is 0.313 e. The Morgan fingerprint density at radius 2 is 2.21 bits per heavy atom. The zero-order chi connectivity index (χ0) is 10.7. The molecular formula is C9H11FN2O2. The molecule has 0 aliphatic rings. The van der Waals surface area contributed by atoms with Gasteiger partial charge in [0.2, 0.25) is 0 Å². The molecule has 0 aliphatic carbocycles. The van der Waals surface area contributed by atoms with Crippen LogP contribution in [0.2, 0.25) is 0 Å². The van der Waals surface area contributed by atoms with E-state index in [1.807, 2.05) is 0 Å². The first-order valence-corrected chi connectivity index (χ1v) is 4.17. The summed E-state index contributed by atoms with van der Waals surface area (Å²) in [6.45, 7) is 1.74. The Balaban J connectivity index is 3.22. The Hall–Kier alpha value is -1.49. The Morgan fingerprint density at radius 3 is 2.71 bits per heavy atom. The topological polar surface area (TPSA) is 55.2 Å². The highest BCUT2D eigenvalue weighted by Gasteiger charge is 2.18. The summed E-state index contributed by atoms with van der Waals surface area (Å²) < 4.78 is 12.9. The summed E-state index contributed by atoms with van der Waals surface area (Å²) >= 11 is 0. The number of rotatable bonds is 3. The van der Waals surface area contributed by atoms with Crippen molar-refractivity contribution in [3.63, 3.8) is 0 Å². The summed E-state index contributed by atoms with van der Waals surface area (Å²) in [5, 5.41) is 13.4. The molecule has 0 saturated carbocycles. The second-order valence-electron chi connectivity index (χ2n) is 2.97. The second-order valence-corrected chi connectivity index (χ2v) is 2.97. The van der Waals surface area contributed by atoms with Crippen LogP contribution in [0.3, 0.4) is 0 Å². The lowest BCUT2D eigenvalue weighted by molar-refractivity contribution is -0.385. The minimum Gasteiger partial charge on any atom is -0.313 e. The molecule has 1 N–H and O–H groups in total. The van der Waals surface area contributed by atoms with Gasteiger partial charge in [0.15, 0.2) is 0 Å². The number of benzene rings is 1. The van der Waals surface area contributed by atoms with E-state index in [-0.39, 0.29) is 11.7 Å². The Labute approximate surface area is 80.9 Å².